The zero-order chi connectivity index (χ0) is 22.8. The number of thiazole rings is 1. The molecule has 0 saturated heterocycles. The van der Waals surface area contributed by atoms with E-state index in [1.165, 1.54) is 4.70 Å². The maximum atomic E-state index is 5.50. The summed E-state index contributed by atoms with van der Waals surface area (Å²) in [5, 5.41) is 13.9. The van der Waals surface area contributed by atoms with Crippen molar-refractivity contribution < 1.29 is 4.52 Å². The minimum Gasteiger partial charge on any atom is -0.338 e. The third-order valence-electron chi connectivity index (χ3n) is 4.92. The molecule has 10 heteroatoms. The number of hydrogen-bond donors (Lipinski definition) is 0. The first-order chi connectivity index (χ1) is 16.1. The van der Waals surface area contributed by atoms with E-state index in [0.717, 1.165) is 32.3 Å². The van der Waals surface area contributed by atoms with Gasteiger partial charge in [0.25, 0.3) is 0 Å². The lowest BCUT2D eigenvalue weighted by atomic mass is 10.2. The fourth-order valence-electron chi connectivity index (χ4n) is 3.20. The number of rotatable bonds is 8. The molecule has 3 aromatic heterocycles. The second-order valence-electron chi connectivity index (χ2n) is 7.71. The molecule has 7 nitrogen and oxygen atoms in total. The largest absolute Gasteiger partial charge is 0.338 e. The fraction of sp³-hybridized carbons (Fsp3) is 0.261. The van der Waals surface area contributed by atoms with Crippen LogP contribution in [0.2, 0.25) is 0 Å². The first-order valence-corrected chi connectivity index (χ1v) is 13.2. The average Bonchev–Trinajstić information content (AvgIpc) is 3.56. The maximum Gasteiger partial charge on any atom is 0.239 e. The van der Waals surface area contributed by atoms with Gasteiger partial charge in [-0.05, 0) is 31.2 Å². The van der Waals surface area contributed by atoms with Gasteiger partial charge in [0, 0.05) is 11.6 Å². The van der Waals surface area contributed by atoms with Crippen LogP contribution in [0.1, 0.15) is 49.5 Å². The summed E-state index contributed by atoms with van der Waals surface area (Å²) < 4.78 is 9.81. The van der Waals surface area contributed by atoms with Crippen molar-refractivity contribution in [2.45, 2.75) is 47.2 Å². The van der Waals surface area contributed by atoms with E-state index in [4.69, 9.17) is 9.51 Å². The molecule has 0 bridgehead atoms. The van der Waals surface area contributed by atoms with Crippen LogP contribution in [0, 0.1) is 0 Å². The topological polar surface area (TPSA) is 82.5 Å². The number of aromatic nitrogens is 6. The zero-order valence-corrected chi connectivity index (χ0v) is 20.8. The minimum atomic E-state index is -0.0542. The molecule has 0 fully saturated rings. The van der Waals surface area contributed by atoms with Crippen LogP contribution >= 0.6 is 34.9 Å². The standard InChI is InChI=1S/C23H22N6OS3/c1-14(2)20-25-21(30-28-20)15(3)32-22-27-26-19(29(22)16-9-5-4-6-10-16)13-31-23-24-17-11-7-8-12-18(17)33-23/h4-12,14-15H,13H2,1-3H3. The highest BCUT2D eigenvalue weighted by Gasteiger charge is 2.22. The molecule has 0 radical (unpaired) electrons. The number of benzene rings is 2. The number of thioether (sulfide) groups is 2. The molecule has 1 atom stereocenters. The lowest BCUT2D eigenvalue weighted by Crippen LogP contribution is -2.02. The van der Waals surface area contributed by atoms with Crippen LogP contribution in [-0.2, 0) is 5.75 Å². The molecule has 0 aliphatic heterocycles. The third kappa shape index (κ3) is 4.83. The minimum absolute atomic E-state index is 0.0542. The van der Waals surface area contributed by atoms with Gasteiger partial charge in [-0.1, -0.05) is 72.9 Å². The molecule has 0 spiro atoms. The van der Waals surface area contributed by atoms with Gasteiger partial charge in [0.15, 0.2) is 15.3 Å². The molecule has 168 valence electrons. The smallest absolute Gasteiger partial charge is 0.239 e. The lowest BCUT2D eigenvalue weighted by molar-refractivity contribution is 0.373. The van der Waals surface area contributed by atoms with Crippen LogP contribution in [0.3, 0.4) is 0 Å². The van der Waals surface area contributed by atoms with E-state index in [1.807, 2.05) is 57.2 Å². The van der Waals surface area contributed by atoms with Gasteiger partial charge in [0.1, 0.15) is 5.82 Å². The van der Waals surface area contributed by atoms with E-state index in [9.17, 15) is 0 Å². The summed E-state index contributed by atoms with van der Waals surface area (Å²) in [6, 6.07) is 18.4. The Labute approximate surface area is 204 Å². The van der Waals surface area contributed by atoms with Crippen LogP contribution < -0.4 is 0 Å². The van der Waals surface area contributed by atoms with E-state index in [0.29, 0.717) is 11.6 Å². The van der Waals surface area contributed by atoms with Crippen molar-refractivity contribution in [3.05, 3.63) is 72.1 Å². The highest BCUT2D eigenvalue weighted by molar-refractivity contribution is 8.00. The van der Waals surface area contributed by atoms with Crippen molar-refractivity contribution in [1.82, 2.24) is 29.9 Å². The van der Waals surface area contributed by atoms with Crippen LogP contribution in [0.4, 0.5) is 0 Å². The summed E-state index contributed by atoms with van der Waals surface area (Å²) in [7, 11) is 0. The average molecular weight is 495 g/mol. The Hall–Kier alpha value is -2.69. The number of nitrogens with zero attached hydrogens (tertiary/aromatic N) is 6. The third-order valence-corrected chi connectivity index (χ3v) is 8.12. The van der Waals surface area contributed by atoms with Gasteiger partial charge in [-0.2, -0.15) is 4.98 Å². The summed E-state index contributed by atoms with van der Waals surface area (Å²) in [6.07, 6.45) is 0. The van der Waals surface area contributed by atoms with Crippen molar-refractivity contribution in [3.8, 4) is 5.69 Å². The molecular weight excluding hydrogens is 472 g/mol. The van der Waals surface area contributed by atoms with Crippen molar-refractivity contribution in [3.63, 3.8) is 0 Å². The SMILES string of the molecule is CC(C)c1noc(C(C)Sc2nnc(CSc3nc4ccccc4s3)n2-c2ccccc2)n1. The summed E-state index contributed by atoms with van der Waals surface area (Å²) in [6.45, 7) is 6.14. The van der Waals surface area contributed by atoms with E-state index in [2.05, 4.69) is 43.1 Å². The molecule has 2 aromatic carbocycles. The highest BCUT2D eigenvalue weighted by atomic mass is 32.2. The van der Waals surface area contributed by atoms with Gasteiger partial charge in [0.2, 0.25) is 5.89 Å². The predicted molar refractivity (Wildman–Crippen MR) is 133 cm³/mol. The van der Waals surface area contributed by atoms with Gasteiger partial charge in [-0.25, -0.2) is 4.98 Å². The quantitative estimate of drug-likeness (QED) is 0.225. The van der Waals surface area contributed by atoms with E-state index >= 15 is 0 Å². The highest BCUT2D eigenvalue weighted by Crippen LogP contribution is 2.36. The van der Waals surface area contributed by atoms with Crippen molar-refractivity contribution in [2.24, 2.45) is 0 Å². The molecule has 0 N–H and O–H groups in total. The summed E-state index contributed by atoms with van der Waals surface area (Å²) in [5.74, 6) is 3.06. The summed E-state index contributed by atoms with van der Waals surface area (Å²) in [4.78, 5) is 9.28. The van der Waals surface area contributed by atoms with Crippen LogP contribution in [0.15, 0.2) is 68.6 Å². The Balaban J connectivity index is 1.41. The monoisotopic (exact) mass is 494 g/mol. The number of fused-ring (bicyclic) bond motifs is 1. The molecule has 5 aromatic rings. The van der Waals surface area contributed by atoms with Crippen LogP contribution in [0.25, 0.3) is 15.9 Å². The maximum absolute atomic E-state index is 5.50. The van der Waals surface area contributed by atoms with E-state index in [1.54, 1.807) is 34.9 Å². The number of para-hydroxylation sites is 2. The molecular formula is C23H22N6OS3. The van der Waals surface area contributed by atoms with Crippen molar-refractivity contribution in [1.29, 1.82) is 0 Å². The molecule has 3 heterocycles. The van der Waals surface area contributed by atoms with Crippen molar-refractivity contribution >= 4 is 45.1 Å². The second-order valence-corrected chi connectivity index (χ2v) is 11.3. The molecule has 1 unspecified atom stereocenters. The van der Waals surface area contributed by atoms with Gasteiger partial charge >= 0.3 is 0 Å². The first-order valence-electron chi connectivity index (χ1n) is 10.6. The summed E-state index contributed by atoms with van der Waals surface area (Å²) >= 11 is 4.94. The van der Waals surface area contributed by atoms with E-state index in [-0.39, 0.29) is 11.2 Å². The molecule has 33 heavy (non-hydrogen) atoms. The van der Waals surface area contributed by atoms with E-state index < -0.39 is 0 Å². The Kier molecular flexibility index (Phi) is 6.48. The number of hydrogen-bond acceptors (Lipinski definition) is 9. The second kappa shape index (κ2) is 9.66. The zero-order valence-electron chi connectivity index (χ0n) is 18.4. The van der Waals surface area contributed by atoms with Gasteiger partial charge in [0.05, 0.1) is 21.2 Å². The van der Waals surface area contributed by atoms with Gasteiger partial charge < -0.3 is 4.52 Å². The lowest BCUT2D eigenvalue weighted by Gasteiger charge is -2.11. The Bertz CT molecular complexity index is 1330. The molecule has 0 amide bonds. The first kappa shape index (κ1) is 22.1. The normalized spacial score (nSPS) is 12.6. The van der Waals surface area contributed by atoms with Crippen LogP contribution in [0.5, 0.6) is 0 Å². The van der Waals surface area contributed by atoms with Crippen LogP contribution in [-0.4, -0.2) is 29.9 Å². The van der Waals surface area contributed by atoms with Gasteiger partial charge in [-0.15, -0.1) is 21.5 Å². The molecule has 0 aliphatic carbocycles. The Morgan fingerprint density at radius 2 is 1.76 bits per heavy atom. The van der Waals surface area contributed by atoms with Gasteiger partial charge in [-0.3, -0.25) is 4.57 Å². The fourth-order valence-corrected chi connectivity index (χ4v) is 6.10. The molecule has 5 rings (SSSR count). The Morgan fingerprint density at radius 3 is 2.52 bits per heavy atom. The Morgan fingerprint density at radius 1 is 0.970 bits per heavy atom. The molecule has 0 aliphatic rings. The summed E-state index contributed by atoms with van der Waals surface area (Å²) in [5.41, 5.74) is 2.05. The molecule has 0 saturated carbocycles. The predicted octanol–water partition coefficient (Wildman–Crippen LogP) is 6.53. The van der Waals surface area contributed by atoms with Crippen molar-refractivity contribution in [2.75, 3.05) is 0 Å².